The van der Waals surface area contributed by atoms with Crippen molar-refractivity contribution in [3.8, 4) is 0 Å². The quantitative estimate of drug-likeness (QED) is 0.515. The van der Waals surface area contributed by atoms with Gasteiger partial charge in [0.05, 0.1) is 6.61 Å². The molecule has 150 valence electrons. The van der Waals surface area contributed by atoms with Gasteiger partial charge in [-0.25, -0.2) is 0 Å². The van der Waals surface area contributed by atoms with Crippen LogP contribution in [0.3, 0.4) is 0 Å². The minimum atomic E-state index is -0.605. The normalized spacial score (nSPS) is 24.2. The van der Waals surface area contributed by atoms with Gasteiger partial charge < -0.3 is 20.6 Å². The molecule has 1 aromatic carbocycles. The van der Waals surface area contributed by atoms with E-state index in [9.17, 15) is 19.5 Å². The van der Waals surface area contributed by atoms with Gasteiger partial charge in [-0.2, -0.15) is 0 Å². The average molecular weight is 386 g/mol. The monoisotopic (exact) mass is 386 g/mol. The molecule has 4 rings (SSSR count). The molecule has 28 heavy (non-hydrogen) atoms. The molecule has 1 unspecified atom stereocenters. The Balaban J connectivity index is 1.51. The molecule has 4 N–H and O–H groups in total. The molecule has 0 spiro atoms. The molecule has 0 bridgehead atoms. The van der Waals surface area contributed by atoms with Crippen molar-refractivity contribution in [2.45, 2.75) is 50.4 Å². The molecule has 3 aliphatic rings. The lowest BCUT2D eigenvalue weighted by atomic mass is 9.88. The lowest BCUT2D eigenvalue weighted by Gasteiger charge is -2.37. The third kappa shape index (κ3) is 3.43. The van der Waals surface area contributed by atoms with Crippen LogP contribution in [0.25, 0.3) is 0 Å². The summed E-state index contributed by atoms with van der Waals surface area (Å²) in [5, 5.41) is 19.0. The van der Waals surface area contributed by atoms with Crippen LogP contribution in [0, 0.1) is 0 Å². The van der Waals surface area contributed by atoms with E-state index in [-0.39, 0.29) is 30.4 Å². The van der Waals surface area contributed by atoms with Crippen molar-refractivity contribution in [2.24, 2.45) is 0 Å². The Morgan fingerprint density at radius 1 is 1.21 bits per heavy atom. The molecule has 0 radical (unpaired) electrons. The number of carbonyl (C=O) groups excluding carboxylic acids is 3. The lowest BCUT2D eigenvalue weighted by Crippen LogP contribution is -2.54. The van der Waals surface area contributed by atoms with E-state index < -0.39 is 11.9 Å². The van der Waals surface area contributed by atoms with Crippen LogP contribution in [0.1, 0.15) is 47.2 Å². The zero-order valence-electron chi connectivity index (χ0n) is 15.8. The van der Waals surface area contributed by atoms with Crippen molar-refractivity contribution >= 4 is 17.7 Å². The summed E-state index contributed by atoms with van der Waals surface area (Å²) in [6, 6.07) is 5.03. The number of hydrogen-bond acceptors (Lipinski definition) is 6. The van der Waals surface area contributed by atoms with E-state index in [2.05, 4.69) is 16.0 Å². The van der Waals surface area contributed by atoms with Gasteiger partial charge in [0.1, 0.15) is 6.04 Å². The third-order valence-corrected chi connectivity index (χ3v) is 6.20. The third-order valence-electron chi connectivity index (χ3n) is 6.20. The van der Waals surface area contributed by atoms with Gasteiger partial charge in [-0.1, -0.05) is 12.1 Å². The fourth-order valence-electron chi connectivity index (χ4n) is 4.39. The zero-order chi connectivity index (χ0) is 19.7. The van der Waals surface area contributed by atoms with E-state index in [0.717, 1.165) is 37.1 Å². The number of piperidine rings is 2. The topological polar surface area (TPSA) is 111 Å². The molecular formula is C20H26N4O4. The first-order valence-electron chi connectivity index (χ1n) is 9.85. The highest BCUT2D eigenvalue weighted by molar-refractivity contribution is 6.05. The Morgan fingerprint density at radius 3 is 2.71 bits per heavy atom. The van der Waals surface area contributed by atoms with Crippen LogP contribution in [0.5, 0.6) is 0 Å². The standard InChI is InChI=1S/C20H26N4O4/c25-12-20(6-8-21-9-7-20)22-10-13-2-1-3-14-15(13)11-24(19(14)28)16-4-5-17(26)23-18(16)27/h1-3,16,21-22,25H,4-12H2,(H,23,26,27). The second kappa shape index (κ2) is 7.62. The van der Waals surface area contributed by atoms with Crippen LogP contribution in [-0.2, 0) is 22.7 Å². The van der Waals surface area contributed by atoms with Crippen LogP contribution >= 0.6 is 0 Å². The molecular weight excluding hydrogens is 360 g/mol. The summed E-state index contributed by atoms with van der Waals surface area (Å²) in [5.41, 5.74) is 2.24. The van der Waals surface area contributed by atoms with E-state index in [0.29, 0.717) is 25.1 Å². The number of rotatable bonds is 5. The summed E-state index contributed by atoms with van der Waals surface area (Å²) < 4.78 is 0. The molecule has 1 atom stereocenters. The van der Waals surface area contributed by atoms with Gasteiger partial charge in [-0.3, -0.25) is 19.7 Å². The summed E-state index contributed by atoms with van der Waals surface area (Å²) in [7, 11) is 0. The van der Waals surface area contributed by atoms with Crippen LogP contribution in [-0.4, -0.2) is 59.0 Å². The van der Waals surface area contributed by atoms with Crippen molar-refractivity contribution in [2.75, 3.05) is 19.7 Å². The van der Waals surface area contributed by atoms with Gasteiger partial charge in [0.2, 0.25) is 11.8 Å². The first-order chi connectivity index (χ1) is 13.5. The number of aliphatic hydroxyl groups excluding tert-OH is 1. The fraction of sp³-hybridized carbons (Fsp3) is 0.550. The molecule has 0 saturated carbocycles. The molecule has 8 heteroatoms. The molecule has 8 nitrogen and oxygen atoms in total. The molecule has 1 aromatic rings. The van der Waals surface area contributed by atoms with Crippen LogP contribution < -0.4 is 16.0 Å². The maximum Gasteiger partial charge on any atom is 0.255 e. The summed E-state index contributed by atoms with van der Waals surface area (Å²) in [4.78, 5) is 38.1. The van der Waals surface area contributed by atoms with Crippen molar-refractivity contribution in [3.05, 3.63) is 34.9 Å². The van der Waals surface area contributed by atoms with Crippen molar-refractivity contribution in [1.29, 1.82) is 0 Å². The van der Waals surface area contributed by atoms with Crippen molar-refractivity contribution in [3.63, 3.8) is 0 Å². The van der Waals surface area contributed by atoms with Crippen molar-refractivity contribution < 1.29 is 19.5 Å². The molecule has 3 amide bonds. The Labute approximate surface area is 163 Å². The SMILES string of the molecule is O=C1CCC(N2Cc3c(CNC4(CO)CCNCC4)cccc3C2=O)C(=O)N1. The Kier molecular flexibility index (Phi) is 5.18. The molecule has 3 aliphatic heterocycles. The maximum absolute atomic E-state index is 12.9. The second-order valence-corrected chi connectivity index (χ2v) is 7.89. The first kappa shape index (κ1) is 19.0. The van der Waals surface area contributed by atoms with Gasteiger partial charge in [0.15, 0.2) is 0 Å². The highest BCUT2D eigenvalue weighted by Crippen LogP contribution is 2.30. The molecule has 2 fully saturated rings. The van der Waals surface area contributed by atoms with Gasteiger partial charge in [0.25, 0.3) is 5.91 Å². The number of carbonyl (C=O) groups is 3. The van der Waals surface area contributed by atoms with Gasteiger partial charge in [-0.05, 0) is 49.5 Å². The number of fused-ring (bicyclic) bond motifs is 1. The number of amides is 3. The van der Waals surface area contributed by atoms with E-state index in [1.165, 1.54) is 0 Å². The molecule has 2 saturated heterocycles. The van der Waals surface area contributed by atoms with Gasteiger partial charge in [0, 0.05) is 30.6 Å². The maximum atomic E-state index is 12.9. The Hall–Kier alpha value is -2.29. The smallest absolute Gasteiger partial charge is 0.255 e. The van der Waals surface area contributed by atoms with Gasteiger partial charge >= 0.3 is 0 Å². The molecule has 3 heterocycles. The zero-order valence-corrected chi connectivity index (χ0v) is 15.8. The van der Waals surface area contributed by atoms with E-state index in [1.807, 2.05) is 12.1 Å². The first-order valence-corrected chi connectivity index (χ1v) is 9.85. The highest BCUT2D eigenvalue weighted by Gasteiger charge is 2.40. The number of benzene rings is 1. The van der Waals surface area contributed by atoms with E-state index in [1.54, 1.807) is 11.0 Å². The minimum absolute atomic E-state index is 0.0744. The van der Waals surface area contributed by atoms with Crippen LogP contribution in [0.4, 0.5) is 0 Å². The molecule has 0 aromatic heterocycles. The largest absolute Gasteiger partial charge is 0.394 e. The average Bonchev–Trinajstić information content (AvgIpc) is 3.04. The Morgan fingerprint density at radius 2 is 2.00 bits per heavy atom. The number of aliphatic hydroxyl groups is 1. The summed E-state index contributed by atoms with van der Waals surface area (Å²) in [6.07, 6.45) is 2.30. The van der Waals surface area contributed by atoms with Gasteiger partial charge in [-0.15, -0.1) is 0 Å². The molecule has 0 aliphatic carbocycles. The second-order valence-electron chi connectivity index (χ2n) is 7.89. The van der Waals surface area contributed by atoms with E-state index in [4.69, 9.17) is 0 Å². The number of nitrogens with zero attached hydrogens (tertiary/aromatic N) is 1. The summed E-state index contributed by atoms with van der Waals surface area (Å²) >= 11 is 0. The Bertz CT molecular complexity index is 803. The summed E-state index contributed by atoms with van der Waals surface area (Å²) in [6.45, 7) is 2.72. The number of hydrogen-bond donors (Lipinski definition) is 4. The van der Waals surface area contributed by atoms with Crippen LogP contribution in [0.15, 0.2) is 18.2 Å². The highest BCUT2D eigenvalue weighted by atomic mass is 16.3. The summed E-state index contributed by atoms with van der Waals surface area (Å²) in [5.74, 6) is -0.845. The van der Waals surface area contributed by atoms with E-state index >= 15 is 0 Å². The number of nitrogens with one attached hydrogen (secondary N) is 3. The predicted octanol–water partition coefficient (Wildman–Crippen LogP) is -0.348. The fourth-order valence-corrected chi connectivity index (χ4v) is 4.39. The number of imide groups is 1. The van der Waals surface area contributed by atoms with Crippen molar-refractivity contribution in [1.82, 2.24) is 20.9 Å². The minimum Gasteiger partial charge on any atom is -0.394 e. The van der Waals surface area contributed by atoms with Crippen LogP contribution in [0.2, 0.25) is 0 Å². The predicted molar refractivity (Wildman–Crippen MR) is 101 cm³/mol. The lowest BCUT2D eigenvalue weighted by molar-refractivity contribution is -0.136.